The summed E-state index contributed by atoms with van der Waals surface area (Å²) in [4.78, 5) is 38.9. The molecule has 3 aromatic rings. The number of rotatable bonds is 7. The molecule has 160 valence electrons. The molecule has 2 aromatic carbocycles. The van der Waals surface area contributed by atoms with Crippen molar-refractivity contribution in [3.8, 4) is 0 Å². The van der Waals surface area contributed by atoms with Gasteiger partial charge in [0.1, 0.15) is 16.7 Å². The quantitative estimate of drug-likeness (QED) is 0.518. The molecule has 0 saturated carbocycles. The average molecular weight is 441 g/mol. The number of para-hydroxylation sites is 1. The van der Waals surface area contributed by atoms with E-state index < -0.39 is 23.8 Å². The van der Waals surface area contributed by atoms with Crippen LogP contribution in [0.2, 0.25) is 0 Å². The van der Waals surface area contributed by atoms with E-state index in [2.05, 4.69) is 9.69 Å². The van der Waals surface area contributed by atoms with Crippen molar-refractivity contribution in [2.75, 3.05) is 10.6 Å². The molecule has 5 N–H and O–H groups in total. The van der Waals surface area contributed by atoms with Gasteiger partial charge in [-0.25, -0.2) is 4.39 Å². The predicted molar refractivity (Wildman–Crippen MR) is 116 cm³/mol. The smallest absolute Gasteiger partial charge is 0.272 e. The zero-order valence-electron chi connectivity index (χ0n) is 16.5. The first kappa shape index (κ1) is 21.9. The number of amides is 3. The molecule has 0 aliphatic carbocycles. The number of carbonyl (C=O) groups excluding carboxylic acids is 3. The van der Waals surface area contributed by atoms with Gasteiger partial charge >= 0.3 is 0 Å². The van der Waals surface area contributed by atoms with E-state index in [1.54, 1.807) is 49.4 Å². The van der Waals surface area contributed by atoms with Gasteiger partial charge in [-0.2, -0.15) is 4.37 Å². The zero-order valence-corrected chi connectivity index (χ0v) is 17.4. The molecule has 3 rings (SSSR count). The summed E-state index contributed by atoms with van der Waals surface area (Å²) < 4.78 is 16.9. The normalized spacial score (nSPS) is 11.5. The number of halogens is 1. The van der Waals surface area contributed by atoms with E-state index in [9.17, 15) is 18.8 Å². The summed E-state index contributed by atoms with van der Waals surface area (Å²) in [5.41, 5.74) is 12.0. The number of nitrogen functional groups attached to an aromatic ring is 1. The molecule has 3 amide bonds. The summed E-state index contributed by atoms with van der Waals surface area (Å²) in [6.07, 6.45) is 0. The highest BCUT2D eigenvalue weighted by atomic mass is 32.1. The fourth-order valence-electron chi connectivity index (χ4n) is 2.90. The molecule has 1 unspecified atom stereocenters. The lowest BCUT2D eigenvalue weighted by atomic mass is 10.1. The summed E-state index contributed by atoms with van der Waals surface area (Å²) in [6, 6.07) is 13.4. The van der Waals surface area contributed by atoms with E-state index in [0.717, 1.165) is 11.5 Å². The Bertz CT molecular complexity index is 1100. The first-order chi connectivity index (χ1) is 14.8. The molecule has 0 radical (unpaired) electrons. The number of hydrogen-bond donors (Lipinski definition) is 3. The SMILES string of the molecule is CC(C(=O)NCc1ccc(F)cc1)N(C(=O)c1snc(C(N)=O)c1N)c1ccccc1. The highest BCUT2D eigenvalue weighted by Gasteiger charge is 2.32. The Morgan fingerprint density at radius 2 is 1.77 bits per heavy atom. The summed E-state index contributed by atoms with van der Waals surface area (Å²) in [6.45, 7) is 1.73. The third kappa shape index (κ3) is 4.86. The Kier molecular flexibility index (Phi) is 6.61. The number of benzene rings is 2. The van der Waals surface area contributed by atoms with E-state index in [0.29, 0.717) is 11.3 Å². The van der Waals surface area contributed by atoms with Gasteiger partial charge in [-0.05, 0) is 48.3 Å². The van der Waals surface area contributed by atoms with E-state index in [1.807, 2.05) is 0 Å². The summed E-state index contributed by atoms with van der Waals surface area (Å²) in [5.74, 6) is -2.23. The lowest BCUT2D eigenvalue weighted by Gasteiger charge is -2.28. The van der Waals surface area contributed by atoms with Gasteiger partial charge in [0.25, 0.3) is 11.8 Å². The van der Waals surface area contributed by atoms with E-state index in [-0.39, 0.29) is 28.6 Å². The minimum atomic E-state index is -0.922. The molecule has 10 heteroatoms. The maximum Gasteiger partial charge on any atom is 0.272 e. The number of nitrogens with two attached hydrogens (primary N) is 2. The Hall–Kier alpha value is -3.79. The Balaban J connectivity index is 1.86. The van der Waals surface area contributed by atoms with Crippen LogP contribution in [0.25, 0.3) is 0 Å². The molecule has 0 fully saturated rings. The maximum atomic E-state index is 13.3. The van der Waals surface area contributed by atoms with Gasteiger partial charge in [-0.3, -0.25) is 19.3 Å². The fraction of sp³-hybridized carbons (Fsp3) is 0.143. The molecule has 0 bridgehead atoms. The molecule has 0 aliphatic heterocycles. The van der Waals surface area contributed by atoms with E-state index in [4.69, 9.17) is 11.5 Å². The number of primary amides is 1. The number of hydrogen-bond acceptors (Lipinski definition) is 6. The van der Waals surface area contributed by atoms with Crippen LogP contribution >= 0.6 is 11.5 Å². The fourth-order valence-corrected chi connectivity index (χ4v) is 3.64. The van der Waals surface area contributed by atoms with Gasteiger partial charge in [0.05, 0.1) is 5.69 Å². The van der Waals surface area contributed by atoms with Crippen molar-refractivity contribution in [3.63, 3.8) is 0 Å². The molecular weight excluding hydrogens is 421 g/mol. The first-order valence-electron chi connectivity index (χ1n) is 9.25. The number of carbonyl (C=O) groups is 3. The van der Waals surface area contributed by atoms with Crippen molar-refractivity contribution in [2.24, 2.45) is 5.73 Å². The Labute approximate surface area is 181 Å². The topological polar surface area (TPSA) is 131 Å². The molecule has 0 spiro atoms. The lowest BCUT2D eigenvalue weighted by Crippen LogP contribution is -2.48. The minimum Gasteiger partial charge on any atom is -0.395 e. The summed E-state index contributed by atoms with van der Waals surface area (Å²) in [5, 5.41) is 2.74. The van der Waals surface area contributed by atoms with Crippen molar-refractivity contribution in [2.45, 2.75) is 19.5 Å². The second kappa shape index (κ2) is 9.35. The standard InChI is InChI=1S/C21H20FN5O3S/c1-12(20(29)25-11-13-7-9-14(22)10-8-13)27(15-5-3-2-4-6-15)21(30)18-16(23)17(19(24)28)26-31-18/h2-10,12H,11,23H2,1H3,(H2,24,28)(H,25,29). The van der Waals surface area contributed by atoms with Crippen LogP contribution in [-0.2, 0) is 11.3 Å². The molecule has 0 aliphatic rings. The molecule has 1 aromatic heterocycles. The second-order valence-electron chi connectivity index (χ2n) is 6.67. The average Bonchev–Trinajstić information content (AvgIpc) is 3.15. The number of anilines is 2. The largest absolute Gasteiger partial charge is 0.395 e. The van der Waals surface area contributed by atoms with Crippen molar-refractivity contribution in [1.29, 1.82) is 0 Å². The number of nitrogens with zero attached hydrogens (tertiary/aromatic N) is 2. The van der Waals surface area contributed by atoms with Crippen LogP contribution in [0.15, 0.2) is 54.6 Å². The first-order valence-corrected chi connectivity index (χ1v) is 10.0. The Morgan fingerprint density at radius 1 is 1.13 bits per heavy atom. The van der Waals surface area contributed by atoms with Gasteiger partial charge in [-0.15, -0.1) is 0 Å². The zero-order chi connectivity index (χ0) is 22.5. The third-order valence-electron chi connectivity index (χ3n) is 4.56. The van der Waals surface area contributed by atoms with Crippen molar-refractivity contribution in [3.05, 3.63) is 76.5 Å². The highest BCUT2D eigenvalue weighted by Crippen LogP contribution is 2.27. The monoisotopic (exact) mass is 441 g/mol. The van der Waals surface area contributed by atoms with Crippen LogP contribution in [0.4, 0.5) is 15.8 Å². The maximum absolute atomic E-state index is 13.3. The van der Waals surface area contributed by atoms with Crippen molar-refractivity contribution < 1.29 is 18.8 Å². The highest BCUT2D eigenvalue weighted by molar-refractivity contribution is 7.09. The summed E-state index contributed by atoms with van der Waals surface area (Å²) in [7, 11) is 0. The molecule has 31 heavy (non-hydrogen) atoms. The molecule has 8 nitrogen and oxygen atoms in total. The minimum absolute atomic E-state index is 0.0100. The predicted octanol–water partition coefficient (Wildman–Crippen LogP) is 2.32. The van der Waals surface area contributed by atoms with E-state index >= 15 is 0 Å². The van der Waals surface area contributed by atoms with Crippen LogP contribution in [0.1, 0.15) is 32.6 Å². The van der Waals surface area contributed by atoms with Gasteiger partial charge < -0.3 is 16.8 Å². The van der Waals surface area contributed by atoms with Crippen LogP contribution < -0.4 is 21.7 Å². The second-order valence-corrected chi connectivity index (χ2v) is 7.44. The van der Waals surface area contributed by atoms with Gasteiger partial charge in [0.15, 0.2) is 5.69 Å². The van der Waals surface area contributed by atoms with Gasteiger partial charge in [0, 0.05) is 12.2 Å². The molecule has 1 heterocycles. The Morgan fingerprint density at radius 3 is 2.35 bits per heavy atom. The lowest BCUT2D eigenvalue weighted by molar-refractivity contribution is -0.122. The molecular formula is C21H20FN5O3S. The van der Waals surface area contributed by atoms with Crippen molar-refractivity contribution >= 4 is 40.6 Å². The number of aromatic nitrogens is 1. The van der Waals surface area contributed by atoms with Crippen LogP contribution in [0.5, 0.6) is 0 Å². The van der Waals surface area contributed by atoms with Crippen LogP contribution in [0, 0.1) is 5.82 Å². The van der Waals surface area contributed by atoms with Crippen LogP contribution in [0.3, 0.4) is 0 Å². The van der Waals surface area contributed by atoms with E-state index in [1.165, 1.54) is 17.0 Å². The van der Waals surface area contributed by atoms with Gasteiger partial charge in [0.2, 0.25) is 5.91 Å². The summed E-state index contributed by atoms with van der Waals surface area (Å²) >= 11 is 0.742. The van der Waals surface area contributed by atoms with Crippen molar-refractivity contribution in [1.82, 2.24) is 9.69 Å². The van der Waals surface area contributed by atoms with Crippen LogP contribution in [-0.4, -0.2) is 28.1 Å². The van der Waals surface area contributed by atoms with Gasteiger partial charge in [-0.1, -0.05) is 30.3 Å². The molecule has 1 atom stereocenters. The molecule has 0 saturated heterocycles. The number of nitrogens with one attached hydrogen (secondary N) is 1. The third-order valence-corrected chi connectivity index (χ3v) is 5.41.